The van der Waals surface area contributed by atoms with Crippen LogP contribution in [0.5, 0.6) is 0 Å². The second-order valence-corrected chi connectivity index (χ2v) is 8.03. The van der Waals surface area contributed by atoms with E-state index in [1.54, 1.807) is 0 Å². The zero-order valence-electron chi connectivity index (χ0n) is 16.9. The molecule has 3 nitrogen and oxygen atoms in total. The Hall–Kier alpha value is -2.55. The van der Waals surface area contributed by atoms with Crippen molar-refractivity contribution in [1.82, 2.24) is 4.98 Å². The third-order valence-electron chi connectivity index (χ3n) is 5.87. The van der Waals surface area contributed by atoms with E-state index in [0.29, 0.717) is 0 Å². The van der Waals surface area contributed by atoms with E-state index in [4.69, 9.17) is 4.98 Å². The van der Waals surface area contributed by atoms with Crippen LogP contribution < -0.4 is 9.13 Å². The molecule has 0 amide bonds. The van der Waals surface area contributed by atoms with Crippen LogP contribution in [0.2, 0.25) is 0 Å². The number of unbranched alkanes of at least 4 members (excludes halogenated alkanes) is 1. The molecule has 27 heavy (non-hydrogen) atoms. The molecule has 0 saturated carbocycles. The molecule has 0 aromatic carbocycles. The zero-order chi connectivity index (χ0) is 19.0. The van der Waals surface area contributed by atoms with Gasteiger partial charge >= 0.3 is 0 Å². The van der Waals surface area contributed by atoms with Gasteiger partial charge in [0.2, 0.25) is 0 Å². The van der Waals surface area contributed by atoms with E-state index in [1.807, 2.05) is 6.20 Å². The summed E-state index contributed by atoms with van der Waals surface area (Å²) in [6.45, 7) is 11.1. The number of aryl methyl sites for hydroxylation is 2. The molecular formula is C24H29N3+2. The van der Waals surface area contributed by atoms with E-state index in [1.165, 1.54) is 40.7 Å². The molecular weight excluding hydrogens is 330 g/mol. The Kier molecular flexibility index (Phi) is 4.55. The summed E-state index contributed by atoms with van der Waals surface area (Å²) in [7, 11) is 0. The predicted molar refractivity (Wildman–Crippen MR) is 108 cm³/mol. The first-order valence-corrected chi connectivity index (χ1v) is 10.1. The van der Waals surface area contributed by atoms with E-state index >= 15 is 0 Å². The first-order valence-electron chi connectivity index (χ1n) is 10.1. The van der Waals surface area contributed by atoms with Gasteiger partial charge in [-0.05, 0) is 24.1 Å². The molecule has 0 aliphatic heterocycles. The van der Waals surface area contributed by atoms with Gasteiger partial charge in [-0.2, -0.15) is 0 Å². The average Bonchev–Trinajstić information content (AvgIpc) is 2.93. The molecule has 0 spiro atoms. The van der Waals surface area contributed by atoms with Crippen LogP contribution in [0.1, 0.15) is 51.7 Å². The number of rotatable bonds is 5. The molecule has 1 aliphatic carbocycles. The van der Waals surface area contributed by atoms with Gasteiger partial charge in [0.1, 0.15) is 13.1 Å². The number of hydrogen-bond donors (Lipinski definition) is 0. The second-order valence-electron chi connectivity index (χ2n) is 8.03. The van der Waals surface area contributed by atoms with Gasteiger partial charge < -0.3 is 0 Å². The van der Waals surface area contributed by atoms with E-state index in [9.17, 15) is 0 Å². The van der Waals surface area contributed by atoms with Crippen molar-refractivity contribution in [3.05, 3.63) is 66.4 Å². The van der Waals surface area contributed by atoms with E-state index in [2.05, 4.69) is 85.9 Å². The average molecular weight is 360 g/mol. The highest BCUT2D eigenvalue weighted by Crippen LogP contribution is 2.47. The quantitative estimate of drug-likeness (QED) is 0.617. The van der Waals surface area contributed by atoms with Crippen molar-refractivity contribution in [1.29, 1.82) is 0 Å². The van der Waals surface area contributed by atoms with E-state index in [-0.39, 0.29) is 5.41 Å². The van der Waals surface area contributed by atoms with Crippen LogP contribution in [0.4, 0.5) is 0 Å². The highest BCUT2D eigenvalue weighted by molar-refractivity contribution is 5.79. The molecule has 3 heterocycles. The number of hydrogen-bond acceptors (Lipinski definition) is 1. The lowest BCUT2D eigenvalue weighted by Crippen LogP contribution is -2.34. The minimum absolute atomic E-state index is 0.0268. The van der Waals surface area contributed by atoms with E-state index < -0.39 is 0 Å². The van der Waals surface area contributed by atoms with Crippen molar-refractivity contribution in [3.63, 3.8) is 0 Å². The van der Waals surface area contributed by atoms with Crippen LogP contribution in [0, 0.1) is 0 Å². The number of pyridine rings is 3. The second kappa shape index (κ2) is 6.88. The summed E-state index contributed by atoms with van der Waals surface area (Å²) >= 11 is 0. The highest BCUT2D eigenvalue weighted by Gasteiger charge is 2.39. The molecule has 0 unspecified atom stereocenters. The lowest BCUT2D eigenvalue weighted by Gasteiger charge is -2.20. The highest BCUT2D eigenvalue weighted by atomic mass is 14.9. The summed E-state index contributed by atoms with van der Waals surface area (Å²) in [5.74, 6) is 0. The van der Waals surface area contributed by atoms with Crippen molar-refractivity contribution >= 4 is 0 Å². The summed E-state index contributed by atoms with van der Waals surface area (Å²) in [5, 5.41) is 0. The topological polar surface area (TPSA) is 20.6 Å². The molecule has 0 radical (unpaired) electrons. The molecule has 0 N–H and O–H groups in total. The van der Waals surface area contributed by atoms with Gasteiger partial charge in [-0.15, -0.1) is 0 Å². The fraction of sp³-hybridized carbons (Fsp3) is 0.375. The van der Waals surface area contributed by atoms with Crippen molar-refractivity contribution < 1.29 is 9.13 Å². The lowest BCUT2D eigenvalue weighted by molar-refractivity contribution is -0.697. The van der Waals surface area contributed by atoms with Crippen LogP contribution in [-0.4, -0.2) is 4.98 Å². The lowest BCUT2D eigenvalue weighted by atomic mass is 9.83. The molecule has 0 saturated heterocycles. The van der Waals surface area contributed by atoms with E-state index in [0.717, 1.165) is 18.8 Å². The summed E-state index contributed by atoms with van der Waals surface area (Å²) in [4.78, 5) is 4.89. The van der Waals surface area contributed by atoms with Crippen LogP contribution in [0.15, 0.2) is 55.2 Å². The van der Waals surface area contributed by atoms with Crippen molar-refractivity contribution in [2.24, 2.45) is 0 Å². The third-order valence-corrected chi connectivity index (χ3v) is 5.87. The maximum Gasteiger partial charge on any atom is 0.173 e. The molecule has 3 aromatic heterocycles. The Balaban J connectivity index is 1.75. The standard InChI is InChI=1S/C24H29N3/c1-5-7-11-27-14-10-20-22(17-27)24(3,4)21-15-19(16-25-23(20)21)18-8-12-26(6-2)13-9-18/h8-10,12-17H,5-7,11H2,1-4H3/q+2. The fourth-order valence-electron chi connectivity index (χ4n) is 4.04. The molecule has 0 fully saturated rings. The van der Waals surface area contributed by atoms with Crippen LogP contribution in [-0.2, 0) is 18.5 Å². The van der Waals surface area contributed by atoms with Gasteiger partial charge in [0.25, 0.3) is 0 Å². The molecule has 138 valence electrons. The monoisotopic (exact) mass is 359 g/mol. The summed E-state index contributed by atoms with van der Waals surface area (Å²) in [5.41, 5.74) is 7.53. The fourth-order valence-corrected chi connectivity index (χ4v) is 4.04. The van der Waals surface area contributed by atoms with Crippen molar-refractivity contribution in [2.45, 2.75) is 59.0 Å². The molecule has 3 aromatic rings. The first-order chi connectivity index (χ1) is 13.0. The van der Waals surface area contributed by atoms with Crippen LogP contribution >= 0.6 is 0 Å². The molecule has 1 aliphatic rings. The Bertz CT molecular complexity index is 971. The summed E-state index contributed by atoms with van der Waals surface area (Å²) in [6, 6.07) is 8.95. The largest absolute Gasteiger partial charge is 0.255 e. The molecule has 0 atom stereocenters. The Morgan fingerprint density at radius 1 is 0.926 bits per heavy atom. The van der Waals surface area contributed by atoms with Gasteiger partial charge in [-0.1, -0.05) is 27.2 Å². The number of nitrogens with zero attached hydrogens (tertiary/aromatic N) is 3. The van der Waals surface area contributed by atoms with Gasteiger partial charge in [-0.25, -0.2) is 9.13 Å². The molecule has 3 heteroatoms. The van der Waals surface area contributed by atoms with Gasteiger partial charge in [0, 0.05) is 52.9 Å². The summed E-state index contributed by atoms with van der Waals surface area (Å²) < 4.78 is 4.51. The maximum atomic E-state index is 4.89. The Morgan fingerprint density at radius 3 is 2.37 bits per heavy atom. The Morgan fingerprint density at radius 2 is 1.67 bits per heavy atom. The minimum Gasteiger partial charge on any atom is -0.255 e. The van der Waals surface area contributed by atoms with Crippen molar-refractivity contribution in [3.8, 4) is 22.4 Å². The van der Waals surface area contributed by atoms with Gasteiger partial charge in [0.05, 0.1) is 5.69 Å². The van der Waals surface area contributed by atoms with Crippen molar-refractivity contribution in [2.75, 3.05) is 0 Å². The SMILES string of the molecule is CCCC[n+]1ccc2c(c1)C(C)(C)c1cc(-c3cc[n+](CC)cc3)cnc1-2. The van der Waals surface area contributed by atoms with Crippen LogP contribution in [0.3, 0.4) is 0 Å². The maximum absolute atomic E-state index is 4.89. The summed E-state index contributed by atoms with van der Waals surface area (Å²) in [6.07, 6.45) is 13.3. The minimum atomic E-state index is -0.0268. The smallest absolute Gasteiger partial charge is 0.173 e. The van der Waals surface area contributed by atoms with Crippen LogP contribution in [0.25, 0.3) is 22.4 Å². The first kappa shape index (κ1) is 17.8. The number of aromatic nitrogens is 3. The predicted octanol–water partition coefficient (Wildman–Crippen LogP) is 4.45. The van der Waals surface area contributed by atoms with Gasteiger partial charge in [-0.3, -0.25) is 4.98 Å². The number of fused-ring (bicyclic) bond motifs is 3. The normalized spacial score (nSPS) is 14.1. The Labute approximate surface area is 162 Å². The molecule has 4 rings (SSSR count). The third kappa shape index (κ3) is 3.05. The zero-order valence-corrected chi connectivity index (χ0v) is 16.9. The van der Waals surface area contributed by atoms with Gasteiger partial charge in [0.15, 0.2) is 24.8 Å². The molecule has 0 bridgehead atoms.